The van der Waals surface area contributed by atoms with E-state index in [0.717, 1.165) is 11.4 Å². The standard InChI is InChI=1S/C17H20N2O2/c1-13-10-14(2)12-16(11-13)21-9-8-18-17(20)19-15-6-4-3-5-7-15/h3-7,10-12H,8-9H2,1-2H3,(H2,18,19,20). The lowest BCUT2D eigenvalue weighted by Gasteiger charge is -2.10. The van der Waals surface area contributed by atoms with Crippen LogP contribution < -0.4 is 15.4 Å². The maximum absolute atomic E-state index is 11.7. The molecule has 2 N–H and O–H groups in total. The van der Waals surface area contributed by atoms with Crippen molar-refractivity contribution in [1.29, 1.82) is 0 Å². The Bertz CT molecular complexity index is 577. The number of hydrogen-bond acceptors (Lipinski definition) is 2. The second kappa shape index (κ2) is 7.33. The van der Waals surface area contributed by atoms with Crippen LogP contribution >= 0.6 is 0 Å². The monoisotopic (exact) mass is 284 g/mol. The Morgan fingerprint density at radius 3 is 2.38 bits per heavy atom. The fourth-order valence-electron chi connectivity index (χ4n) is 2.05. The van der Waals surface area contributed by atoms with Gasteiger partial charge in [0, 0.05) is 5.69 Å². The van der Waals surface area contributed by atoms with Gasteiger partial charge in [-0.2, -0.15) is 0 Å². The molecule has 21 heavy (non-hydrogen) atoms. The van der Waals surface area contributed by atoms with Crippen LogP contribution in [0.2, 0.25) is 0 Å². The van der Waals surface area contributed by atoms with E-state index in [2.05, 4.69) is 16.7 Å². The van der Waals surface area contributed by atoms with Gasteiger partial charge in [0.25, 0.3) is 0 Å². The number of carbonyl (C=O) groups excluding carboxylic acids is 1. The molecule has 4 heteroatoms. The number of anilines is 1. The van der Waals surface area contributed by atoms with Crippen LogP contribution in [0, 0.1) is 13.8 Å². The summed E-state index contributed by atoms with van der Waals surface area (Å²) in [4.78, 5) is 11.7. The number of nitrogens with one attached hydrogen (secondary N) is 2. The summed E-state index contributed by atoms with van der Waals surface area (Å²) in [7, 11) is 0. The zero-order valence-electron chi connectivity index (χ0n) is 12.3. The van der Waals surface area contributed by atoms with E-state index in [9.17, 15) is 4.79 Å². The smallest absolute Gasteiger partial charge is 0.319 e. The van der Waals surface area contributed by atoms with Crippen LogP contribution in [0.4, 0.5) is 10.5 Å². The van der Waals surface area contributed by atoms with Crippen molar-refractivity contribution < 1.29 is 9.53 Å². The van der Waals surface area contributed by atoms with E-state index in [-0.39, 0.29) is 6.03 Å². The van der Waals surface area contributed by atoms with Crippen LogP contribution in [0.3, 0.4) is 0 Å². The second-order valence-electron chi connectivity index (χ2n) is 4.92. The van der Waals surface area contributed by atoms with Crippen molar-refractivity contribution in [2.75, 3.05) is 18.5 Å². The van der Waals surface area contributed by atoms with Crippen LogP contribution in [0.25, 0.3) is 0 Å². The predicted octanol–water partition coefficient (Wildman–Crippen LogP) is 3.50. The number of aryl methyl sites for hydroxylation is 2. The van der Waals surface area contributed by atoms with Crippen LogP contribution in [0.1, 0.15) is 11.1 Å². The highest BCUT2D eigenvalue weighted by Gasteiger charge is 2.01. The summed E-state index contributed by atoms with van der Waals surface area (Å²) in [5.41, 5.74) is 3.10. The lowest BCUT2D eigenvalue weighted by atomic mass is 10.1. The molecule has 0 saturated carbocycles. The van der Waals surface area contributed by atoms with E-state index in [1.54, 1.807) is 0 Å². The third-order valence-corrected chi connectivity index (χ3v) is 2.88. The van der Waals surface area contributed by atoms with Gasteiger partial charge in [0.2, 0.25) is 0 Å². The number of amides is 2. The van der Waals surface area contributed by atoms with Gasteiger partial charge in [-0.15, -0.1) is 0 Å². The summed E-state index contributed by atoms with van der Waals surface area (Å²) in [5, 5.41) is 5.51. The third kappa shape index (κ3) is 5.18. The largest absolute Gasteiger partial charge is 0.492 e. The van der Waals surface area contributed by atoms with Crippen molar-refractivity contribution in [3.05, 3.63) is 59.7 Å². The number of rotatable bonds is 5. The van der Waals surface area contributed by atoms with E-state index < -0.39 is 0 Å². The predicted molar refractivity (Wildman–Crippen MR) is 84.9 cm³/mol. The topological polar surface area (TPSA) is 50.4 Å². The first-order valence-corrected chi connectivity index (χ1v) is 6.94. The van der Waals surface area contributed by atoms with Gasteiger partial charge in [0.05, 0.1) is 6.54 Å². The summed E-state index contributed by atoms with van der Waals surface area (Å²) in [5.74, 6) is 0.831. The average Bonchev–Trinajstić information content (AvgIpc) is 2.44. The fraction of sp³-hybridized carbons (Fsp3) is 0.235. The molecule has 110 valence electrons. The minimum absolute atomic E-state index is 0.231. The summed E-state index contributed by atoms with van der Waals surface area (Å²) in [6.45, 7) is 4.95. The van der Waals surface area contributed by atoms with Gasteiger partial charge in [-0.1, -0.05) is 24.3 Å². The number of para-hydroxylation sites is 1. The Labute approximate surface area is 125 Å². The van der Waals surface area contributed by atoms with Crippen molar-refractivity contribution in [2.45, 2.75) is 13.8 Å². The van der Waals surface area contributed by atoms with Gasteiger partial charge >= 0.3 is 6.03 Å². The van der Waals surface area contributed by atoms with Crippen molar-refractivity contribution in [1.82, 2.24) is 5.32 Å². The van der Waals surface area contributed by atoms with Crippen LogP contribution in [-0.4, -0.2) is 19.2 Å². The van der Waals surface area contributed by atoms with Gasteiger partial charge in [0.15, 0.2) is 0 Å². The molecular formula is C17H20N2O2. The molecule has 0 aliphatic heterocycles. The number of benzene rings is 2. The molecular weight excluding hydrogens is 264 g/mol. The number of urea groups is 1. The van der Waals surface area contributed by atoms with Gasteiger partial charge in [-0.3, -0.25) is 0 Å². The van der Waals surface area contributed by atoms with Crippen LogP contribution in [0.5, 0.6) is 5.75 Å². The number of carbonyl (C=O) groups is 1. The summed E-state index contributed by atoms with van der Waals surface area (Å²) in [6.07, 6.45) is 0. The SMILES string of the molecule is Cc1cc(C)cc(OCCNC(=O)Nc2ccccc2)c1. The summed E-state index contributed by atoms with van der Waals surface area (Å²) >= 11 is 0. The average molecular weight is 284 g/mol. The van der Waals surface area contributed by atoms with E-state index >= 15 is 0 Å². The molecule has 2 rings (SSSR count). The van der Waals surface area contributed by atoms with Gasteiger partial charge in [-0.05, 0) is 49.2 Å². The molecule has 0 atom stereocenters. The minimum atomic E-state index is -0.231. The molecule has 0 bridgehead atoms. The molecule has 2 aromatic rings. The lowest BCUT2D eigenvalue weighted by molar-refractivity contribution is 0.247. The molecule has 0 fully saturated rings. The van der Waals surface area contributed by atoms with Gasteiger partial charge < -0.3 is 15.4 Å². The molecule has 0 radical (unpaired) electrons. The number of ether oxygens (including phenoxy) is 1. The maximum atomic E-state index is 11.7. The quantitative estimate of drug-likeness (QED) is 0.826. The summed E-state index contributed by atoms with van der Waals surface area (Å²) < 4.78 is 5.63. The molecule has 0 spiro atoms. The molecule has 2 aromatic carbocycles. The Kier molecular flexibility index (Phi) is 5.21. The van der Waals surface area contributed by atoms with Crippen LogP contribution in [0.15, 0.2) is 48.5 Å². The van der Waals surface area contributed by atoms with Gasteiger partial charge in [0.1, 0.15) is 12.4 Å². The van der Waals surface area contributed by atoms with E-state index in [4.69, 9.17) is 4.74 Å². The third-order valence-electron chi connectivity index (χ3n) is 2.88. The minimum Gasteiger partial charge on any atom is -0.492 e. The molecule has 0 heterocycles. The van der Waals surface area contributed by atoms with Crippen LogP contribution in [-0.2, 0) is 0 Å². The molecule has 2 amide bonds. The van der Waals surface area contributed by atoms with Crippen molar-refractivity contribution in [2.24, 2.45) is 0 Å². The highest BCUT2D eigenvalue weighted by Crippen LogP contribution is 2.15. The first kappa shape index (κ1) is 14.9. The first-order valence-electron chi connectivity index (χ1n) is 6.94. The number of hydrogen-bond donors (Lipinski definition) is 2. The molecule has 4 nitrogen and oxygen atoms in total. The highest BCUT2D eigenvalue weighted by atomic mass is 16.5. The zero-order chi connectivity index (χ0) is 15.1. The second-order valence-corrected chi connectivity index (χ2v) is 4.92. The fourth-order valence-corrected chi connectivity index (χ4v) is 2.05. The zero-order valence-corrected chi connectivity index (χ0v) is 12.3. The molecule has 0 aliphatic carbocycles. The van der Waals surface area contributed by atoms with Crippen molar-refractivity contribution in [3.8, 4) is 5.75 Å². The molecule has 0 aliphatic rings. The Morgan fingerprint density at radius 1 is 1.05 bits per heavy atom. The van der Waals surface area contributed by atoms with E-state index in [0.29, 0.717) is 13.2 Å². The first-order chi connectivity index (χ1) is 10.1. The molecule has 0 aromatic heterocycles. The maximum Gasteiger partial charge on any atom is 0.319 e. The normalized spacial score (nSPS) is 10.0. The van der Waals surface area contributed by atoms with Gasteiger partial charge in [-0.25, -0.2) is 4.79 Å². The molecule has 0 saturated heterocycles. The Morgan fingerprint density at radius 2 is 1.71 bits per heavy atom. The van der Waals surface area contributed by atoms with Crippen molar-refractivity contribution in [3.63, 3.8) is 0 Å². The highest BCUT2D eigenvalue weighted by molar-refractivity contribution is 5.89. The summed E-state index contributed by atoms with van der Waals surface area (Å²) in [6, 6.07) is 15.2. The Balaban J connectivity index is 1.71. The van der Waals surface area contributed by atoms with E-state index in [1.807, 2.05) is 56.3 Å². The molecule has 0 unspecified atom stereocenters. The van der Waals surface area contributed by atoms with E-state index in [1.165, 1.54) is 11.1 Å². The van der Waals surface area contributed by atoms with Crippen molar-refractivity contribution >= 4 is 11.7 Å². The Hall–Kier alpha value is -2.49. The lowest BCUT2D eigenvalue weighted by Crippen LogP contribution is -2.32.